The molecule has 0 aliphatic rings. The molecule has 2 rings (SSSR count). The van der Waals surface area contributed by atoms with Crippen LogP contribution < -0.4 is 0 Å². The SMILES string of the molecule is Cn1nccc1CS(=O)(=O)Cc1nnn(C)c1C(F)F. The monoisotopic (exact) mass is 305 g/mol. The molecular weight excluding hydrogens is 292 g/mol. The van der Waals surface area contributed by atoms with Gasteiger partial charge in [-0.15, -0.1) is 5.10 Å². The average Bonchev–Trinajstić information content (AvgIpc) is 2.85. The number of halogens is 2. The summed E-state index contributed by atoms with van der Waals surface area (Å²) in [5.41, 5.74) is -0.212. The highest BCUT2D eigenvalue weighted by Gasteiger charge is 2.25. The first-order valence-corrected chi connectivity index (χ1v) is 7.46. The number of nitrogens with zero attached hydrogens (tertiary/aromatic N) is 5. The second-order valence-corrected chi connectivity index (χ2v) is 6.39. The van der Waals surface area contributed by atoms with Crippen molar-refractivity contribution in [2.24, 2.45) is 14.1 Å². The lowest BCUT2D eigenvalue weighted by atomic mass is 10.3. The minimum absolute atomic E-state index is 0.218. The third-order valence-electron chi connectivity index (χ3n) is 2.80. The van der Waals surface area contributed by atoms with Crippen molar-refractivity contribution < 1.29 is 17.2 Å². The molecule has 2 aromatic heterocycles. The maximum absolute atomic E-state index is 12.8. The number of aryl methyl sites for hydroxylation is 2. The molecule has 110 valence electrons. The van der Waals surface area contributed by atoms with Gasteiger partial charge in [0.15, 0.2) is 9.84 Å². The van der Waals surface area contributed by atoms with E-state index in [2.05, 4.69) is 15.4 Å². The molecule has 0 spiro atoms. The van der Waals surface area contributed by atoms with Crippen LogP contribution in [0.2, 0.25) is 0 Å². The Kier molecular flexibility index (Phi) is 3.84. The summed E-state index contributed by atoms with van der Waals surface area (Å²) in [6, 6.07) is 1.56. The molecule has 0 unspecified atom stereocenters. The molecule has 0 bridgehead atoms. The van der Waals surface area contributed by atoms with Crippen molar-refractivity contribution in [1.82, 2.24) is 24.8 Å². The maximum Gasteiger partial charge on any atom is 0.281 e. The smallest absolute Gasteiger partial charge is 0.272 e. The van der Waals surface area contributed by atoms with Crippen molar-refractivity contribution in [3.63, 3.8) is 0 Å². The van der Waals surface area contributed by atoms with Crippen LogP contribution in [0.3, 0.4) is 0 Å². The molecule has 0 N–H and O–H groups in total. The normalized spacial score (nSPS) is 12.2. The van der Waals surface area contributed by atoms with Gasteiger partial charge in [0.2, 0.25) is 0 Å². The number of hydrogen-bond donors (Lipinski definition) is 0. The van der Waals surface area contributed by atoms with Gasteiger partial charge >= 0.3 is 0 Å². The molecule has 0 fully saturated rings. The fourth-order valence-electron chi connectivity index (χ4n) is 1.80. The van der Waals surface area contributed by atoms with Crippen molar-refractivity contribution in [3.8, 4) is 0 Å². The first-order chi connectivity index (χ1) is 9.30. The Morgan fingerprint density at radius 1 is 1.25 bits per heavy atom. The molecule has 0 aliphatic carbocycles. The van der Waals surface area contributed by atoms with Gasteiger partial charge in [-0.2, -0.15) is 5.10 Å². The van der Waals surface area contributed by atoms with E-state index in [4.69, 9.17) is 0 Å². The lowest BCUT2D eigenvalue weighted by molar-refractivity contribution is 0.140. The minimum atomic E-state index is -3.63. The molecule has 2 aromatic rings. The highest BCUT2D eigenvalue weighted by atomic mass is 32.2. The quantitative estimate of drug-likeness (QED) is 0.808. The van der Waals surface area contributed by atoms with Crippen LogP contribution in [0.25, 0.3) is 0 Å². The highest BCUT2D eigenvalue weighted by molar-refractivity contribution is 7.89. The van der Waals surface area contributed by atoms with Crippen LogP contribution in [0.5, 0.6) is 0 Å². The summed E-state index contributed by atoms with van der Waals surface area (Å²) in [5.74, 6) is -0.867. The van der Waals surface area contributed by atoms with Crippen LogP contribution in [0, 0.1) is 0 Å². The Labute approximate surface area is 114 Å². The van der Waals surface area contributed by atoms with E-state index in [1.54, 1.807) is 13.1 Å². The van der Waals surface area contributed by atoms with E-state index in [-0.39, 0.29) is 11.4 Å². The Hall–Kier alpha value is -1.84. The highest BCUT2D eigenvalue weighted by Crippen LogP contribution is 2.22. The third-order valence-corrected chi connectivity index (χ3v) is 4.25. The predicted molar refractivity (Wildman–Crippen MR) is 65.5 cm³/mol. The molecule has 7 nitrogen and oxygen atoms in total. The van der Waals surface area contributed by atoms with E-state index in [1.165, 1.54) is 17.9 Å². The Balaban J connectivity index is 2.23. The fraction of sp³-hybridized carbons (Fsp3) is 0.500. The van der Waals surface area contributed by atoms with Gasteiger partial charge in [0, 0.05) is 20.3 Å². The van der Waals surface area contributed by atoms with Crippen LogP contribution >= 0.6 is 0 Å². The topological polar surface area (TPSA) is 82.7 Å². The van der Waals surface area contributed by atoms with Gasteiger partial charge in [0.05, 0.1) is 17.2 Å². The van der Waals surface area contributed by atoms with E-state index in [0.29, 0.717) is 5.69 Å². The molecule has 0 saturated heterocycles. The Morgan fingerprint density at radius 3 is 2.50 bits per heavy atom. The molecule has 0 aromatic carbocycles. The van der Waals surface area contributed by atoms with Gasteiger partial charge in [-0.3, -0.25) is 4.68 Å². The van der Waals surface area contributed by atoms with Gasteiger partial charge in [-0.25, -0.2) is 21.9 Å². The summed E-state index contributed by atoms with van der Waals surface area (Å²) < 4.78 is 52.0. The summed E-state index contributed by atoms with van der Waals surface area (Å²) in [4.78, 5) is 0. The number of aromatic nitrogens is 5. The van der Waals surface area contributed by atoms with Crippen molar-refractivity contribution in [2.45, 2.75) is 17.9 Å². The largest absolute Gasteiger partial charge is 0.281 e. The summed E-state index contributed by atoms with van der Waals surface area (Å²) in [6.45, 7) is 0. The van der Waals surface area contributed by atoms with Crippen molar-refractivity contribution in [2.75, 3.05) is 0 Å². The molecule has 10 heteroatoms. The van der Waals surface area contributed by atoms with Gasteiger partial charge in [0.1, 0.15) is 11.4 Å². The van der Waals surface area contributed by atoms with E-state index >= 15 is 0 Å². The van der Waals surface area contributed by atoms with E-state index in [1.807, 2.05) is 0 Å². The second kappa shape index (κ2) is 5.27. The average molecular weight is 305 g/mol. The fourth-order valence-corrected chi connectivity index (χ4v) is 3.26. The number of rotatable bonds is 5. The standard InChI is InChI=1S/C10H13F2N5O2S/c1-16-7(3-4-13-16)5-20(18,19)6-8-9(10(11)12)17(2)15-14-8/h3-4,10H,5-6H2,1-2H3. The van der Waals surface area contributed by atoms with Gasteiger partial charge < -0.3 is 0 Å². The van der Waals surface area contributed by atoms with Crippen molar-refractivity contribution in [1.29, 1.82) is 0 Å². The lowest BCUT2D eigenvalue weighted by Gasteiger charge is -2.05. The van der Waals surface area contributed by atoms with Crippen molar-refractivity contribution in [3.05, 3.63) is 29.3 Å². The van der Waals surface area contributed by atoms with Crippen LogP contribution in [-0.4, -0.2) is 33.2 Å². The van der Waals surface area contributed by atoms with E-state index in [0.717, 1.165) is 4.68 Å². The van der Waals surface area contributed by atoms with Gasteiger partial charge in [-0.1, -0.05) is 5.21 Å². The van der Waals surface area contributed by atoms with E-state index < -0.39 is 27.7 Å². The molecule has 0 radical (unpaired) electrons. The number of alkyl halides is 2. The second-order valence-electron chi connectivity index (χ2n) is 4.32. The van der Waals surface area contributed by atoms with Crippen LogP contribution in [0.15, 0.2) is 12.3 Å². The number of sulfone groups is 1. The Morgan fingerprint density at radius 2 is 1.95 bits per heavy atom. The summed E-state index contributed by atoms with van der Waals surface area (Å²) in [5, 5.41) is 10.8. The molecule has 0 aliphatic heterocycles. The van der Waals surface area contributed by atoms with Crippen LogP contribution in [0.1, 0.15) is 23.5 Å². The van der Waals surface area contributed by atoms with Crippen LogP contribution in [0.4, 0.5) is 8.78 Å². The predicted octanol–water partition coefficient (Wildman–Crippen LogP) is 0.601. The molecule has 0 atom stereocenters. The maximum atomic E-state index is 12.8. The summed E-state index contributed by atoms with van der Waals surface area (Å²) in [6.07, 6.45) is -1.35. The third kappa shape index (κ3) is 3.00. The van der Waals surface area contributed by atoms with Gasteiger partial charge in [-0.05, 0) is 6.07 Å². The summed E-state index contributed by atoms with van der Waals surface area (Å²) in [7, 11) is -0.727. The molecule has 0 saturated carbocycles. The zero-order chi connectivity index (χ0) is 14.9. The molecule has 0 amide bonds. The first-order valence-electron chi connectivity index (χ1n) is 5.64. The minimum Gasteiger partial charge on any atom is -0.272 e. The van der Waals surface area contributed by atoms with Crippen LogP contribution in [-0.2, 0) is 35.4 Å². The molecule has 20 heavy (non-hydrogen) atoms. The summed E-state index contributed by atoms with van der Waals surface area (Å²) >= 11 is 0. The van der Waals surface area contributed by atoms with E-state index in [9.17, 15) is 17.2 Å². The zero-order valence-corrected chi connectivity index (χ0v) is 11.7. The molecular formula is C10H13F2N5O2S. The first kappa shape index (κ1) is 14.6. The lowest BCUT2D eigenvalue weighted by Crippen LogP contribution is -2.12. The van der Waals surface area contributed by atoms with Crippen molar-refractivity contribution >= 4 is 9.84 Å². The zero-order valence-electron chi connectivity index (χ0n) is 10.9. The van der Waals surface area contributed by atoms with Gasteiger partial charge in [0.25, 0.3) is 6.43 Å². The Bertz CT molecular complexity index is 707. The molecule has 2 heterocycles. The number of hydrogen-bond acceptors (Lipinski definition) is 5.